The molecule has 0 aliphatic carbocycles. The lowest BCUT2D eigenvalue weighted by atomic mass is 10.1. The minimum atomic E-state index is -2.79. The van der Waals surface area contributed by atoms with Crippen LogP contribution >= 0.6 is 0 Å². The highest BCUT2D eigenvalue weighted by Gasteiger charge is 2.46. The SMILES string of the molecule is O=C(Cn1ncc2ncc(-c3ccc(F)cc3)cc21)N1CC(F)(F)C1. The van der Waals surface area contributed by atoms with Crippen molar-refractivity contribution in [2.75, 3.05) is 13.1 Å². The van der Waals surface area contributed by atoms with Crippen molar-refractivity contribution in [1.82, 2.24) is 19.7 Å². The highest BCUT2D eigenvalue weighted by Crippen LogP contribution is 2.27. The van der Waals surface area contributed by atoms with E-state index < -0.39 is 24.9 Å². The highest BCUT2D eigenvalue weighted by molar-refractivity contribution is 5.83. The van der Waals surface area contributed by atoms with Crippen LogP contribution in [-0.4, -0.2) is 44.6 Å². The summed E-state index contributed by atoms with van der Waals surface area (Å²) in [5, 5.41) is 4.12. The molecule has 128 valence electrons. The summed E-state index contributed by atoms with van der Waals surface area (Å²) in [4.78, 5) is 17.5. The van der Waals surface area contributed by atoms with Gasteiger partial charge in [-0.1, -0.05) is 12.1 Å². The Morgan fingerprint density at radius 1 is 1.12 bits per heavy atom. The van der Waals surface area contributed by atoms with Crippen molar-refractivity contribution in [2.45, 2.75) is 12.5 Å². The van der Waals surface area contributed by atoms with E-state index in [-0.39, 0.29) is 12.4 Å². The summed E-state index contributed by atoms with van der Waals surface area (Å²) >= 11 is 0. The second-order valence-corrected chi connectivity index (χ2v) is 6.04. The maximum absolute atomic E-state index is 13.1. The van der Waals surface area contributed by atoms with Crippen LogP contribution in [0.1, 0.15) is 0 Å². The molecule has 1 aromatic carbocycles. The number of alkyl halides is 2. The number of hydrogen-bond donors (Lipinski definition) is 0. The standard InChI is InChI=1S/C17H13F3N4O/c18-13-3-1-11(2-4-13)12-5-15-14(21-6-12)7-22-24(15)8-16(25)23-9-17(19,20)10-23/h1-7H,8-10H2. The summed E-state index contributed by atoms with van der Waals surface area (Å²) in [5.41, 5.74) is 2.73. The van der Waals surface area contributed by atoms with Gasteiger partial charge in [-0.3, -0.25) is 14.5 Å². The van der Waals surface area contributed by atoms with Crippen LogP contribution < -0.4 is 0 Å². The Bertz CT molecular complexity index is 944. The summed E-state index contributed by atoms with van der Waals surface area (Å²) in [6.45, 7) is -1.23. The van der Waals surface area contributed by atoms with Crippen molar-refractivity contribution in [2.24, 2.45) is 0 Å². The molecule has 3 heterocycles. The van der Waals surface area contributed by atoms with E-state index in [1.807, 2.05) is 0 Å². The van der Waals surface area contributed by atoms with E-state index in [1.54, 1.807) is 24.4 Å². The summed E-state index contributed by atoms with van der Waals surface area (Å²) in [6, 6.07) is 7.76. The smallest absolute Gasteiger partial charge is 0.282 e. The highest BCUT2D eigenvalue weighted by atomic mass is 19.3. The molecule has 3 aromatic rings. The topological polar surface area (TPSA) is 51.0 Å². The Hall–Kier alpha value is -2.90. The molecule has 4 rings (SSSR count). The monoisotopic (exact) mass is 346 g/mol. The van der Waals surface area contributed by atoms with Gasteiger partial charge in [0.2, 0.25) is 5.91 Å². The van der Waals surface area contributed by atoms with Gasteiger partial charge >= 0.3 is 0 Å². The number of benzene rings is 1. The summed E-state index contributed by atoms with van der Waals surface area (Å²) in [7, 11) is 0. The van der Waals surface area contributed by atoms with Crippen molar-refractivity contribution in [3.8, 4) is 11.1 Å². The molecule has 2 aromatic heterocycles. The number of carbonyl (C=O) groups excluding carboxylic acids is 1. The third kappa shape index (κ3) is 2.95. The Morgan fingerprint density at radius 3 is 2.52 bits per heavy atom. The zero-order valence-electron chi connectivity index (χ0n) is 13.0. The molecule has 1 aliphatic rings. The average Bonchev–Trinajstić information content (AvgIpc) is 2.95. The van der Waals surface area contributed by atoms with Gasteiger partial charge in [-0.05, 0) is 23.8 Å². The molecule has 1 aliphatic heterocycles. The average molecular weight is 346 g/mol. The van der Waals surface area contributed by atoms with Crippen LogP contribution in [0.5, 0.6) is 0 Å². The number of halogens is 3. The van der Waals surface area contributed by atoms with Crippen LogP contribution in [0, 0.1) is 5.82 Å². The molecule has 0 N–H and O–H groups in total. The first-order valence-corrected chi connectivity index (χ1v) is 7.64. The van der Waals surface area contributed by atoms with Crippen LogP contribution in [0.25, 0.3) is 22.2 Å². The lowest BCUT2D eigenvalue weighted by molar-refractivity contribution is -0.166. The molecular formula is C17H13F3N4O. The number of likely N-dealkylation sites (tertiary alicyclic amines) is 1. The quantitative estimate of drug-likeness (QED) is 0.733. The minimum absolute atomic E-state index is 0.131. The Morgan fingerprint density at radius 2 is 1.84 bits per heavy atom. The van der Waals surface area contributed by atoms with Crippen LogP contribution in [0.2, 0.25) is 0 Å². The van der Waals surface area contributed by atoms with Gasteiger partial charge in [-0.25, -0.2) is 13.2 Å². The van der Waals surface area contributed by atoms with Gasteiger partial charge in [0.05, 0.1) is 24.8 Å². The maximum atomic E-state index is 13.1. The molecule has 0 radical (unpaired) electrons. The first kappa shape index (κ1) is 15.6. The fourth-order valence-electron chi connectivity index (χ4n) is 2.80. The first-order valence-electron chi connectivity index (χ1n) is 7.64. The molecule has 25 heavy (non-hydrogen) atoms. The first-order chi connectivity index (χ1) is 11.9. The van der Waals surface area contributed by atoms with Crippen LogP contribution in [0.3, 0.4) is 0 Å². The molecule has 0 saturated carbocycles. The second kappa shape index (κ2) is 5.58. The third-order valence-corrected chi connectivity index (χ3v) is 4.15. The van der Waals surface area contributed by atoms with Crippen LogP contribution in [0.4, 0.5) is 13.2 Å². The van der Waals surface area contributed by atoms with Gasteiger partial charge < -0.3 is 4.90 Å². The van der Waals surface area contributed by atoms with E-state index in [0.717, 1.165) is 16.0 Å². The molecule has 0 spiro atoms. The maximum Gasteiger partial charge on any atom is 0.282 e. The third-order valence-electron chi connectivity index (χ3n) is 4.15. The molecule has 0 bridgehead atoms. The van der Waals surface area contributed by atoms with Crippen molar-refractivity contribution in [1.29, 1.82) is 0 Å². The van der Waals surface area contributed by atoms with Crippen LogP contribution in [0.15, 0.2) is 42.7 Å². The molecule has 1 fully saturated rings. The van der Waals surface area contributed by atoms with E-state index in [9.17, 15) is 18.0 Å². The van der Waals surface area contributed by atoms with Gasteiger partial charge in [0.25, 0.3) is 5.92 Å². The number of fused-ring (bicyclic) bond motifs is 1. The molecule has 0 atom stereocenters. The van der Waals surface area contributed by atoms with Gasteiger partial charge in [0.1, 0.15) is 17.9 Å². The number of pyridine rings is 1. The molecule has 0 unspecified atom stereocenters. The van der Waals surface area contributed by atoms with Gasteiger partial charge in [0.15, 0.2) is 0 Å². The number of rotatable bonds is 3. The van der Waals surface area contributed by atoms with E-state index >= 15 is 0 Å². The molecular weight excluding hydrogens is 333 g/mol. The second-order valence-electron chi connectivity index (χ2n) is 6.04. The predicted octanol–water partition coefficient (Wildman–Crippen LogP) is 2.71. The van der Waals surface area contributed by atoms with Gasteiger partial charge in [-0.2, -0.15) is 5.10 Å². The van der Waals surface area contributed by atoms with Crippen molar-refractivity contribution in [3.05, 3.63) is 48.5 Å². The number of hydrogen-bond acceptors (Lipinski definition) is 3. The van der Waals surface area contributed by atoms with E-state index in [1.165, 1.54) is 23.0 Å². The normalized spacial score (nSPS) is 16.0. The fourth-order valence-corrected chi connectivity index (χ4v) is 2.80. The largest absolute Gasteiger partial charge is 0.329 e. The summed E-state index contributed by atoms with van der Waals surface area (Å²) < 4.78 is 40.3. The van der Waals surface area contributed by atoms with Gasteiger partial charge in [-0.15, -0.1) is 0 Å². The molecule has 1 saturated heterocycles. The Labute approximate surface area is 140 Å². The van der Waals surface area contributed by atoms with Crippen molar-refractivity contribution >= 4 is 16.9 Å². The summed E-state index contributed by atoms with van der Waals surface area (Å²) in [5.74, 6) is -3.54. The number of amides is 1. The number of carbonyl (C=O) groups is 1. The van der Waals surface area contributed by atoms with Crippen molar-refractivity contribution < 1.29 is 18.0 Å². The van der Waals surface area contributed by atoms with Gasteiger partial charge in [0, 0.05) is 11.8 Å². The zero-order chi connectivity index (χ0) is 17.6. The predicted molar refractivity (Wildman–Crippen MR) is 84.4 cm³/mol. The molecule has 5 nitrogen and oxygen atoms in total. The van der Waals surface area contributed by atoms with Crippen LogP contribution in [-0.2, 0) is 11.3 Å². The molecule has 1 amide bonds. The minimum Gasteiger partial charge on any atom is -0.329 e. The number of nitrogens with zero attached hydrogens (tertiary/aromatic N) is 4. The van der Waals surface area contributed by atoms with E-state index in [0.29, 0.717) is 11.0 Å². The van der Waals surface area contributed by atoms with E-state index in [2.05, 4.69) is 10.1 Å². The zero-order valence-corrected chi connectivity index (χ0v) is 13.0. The number of aromatic nitrogens is 3. The van der Waals surface area contributed by atoms with E-state index in [4.69, 9.17) is 0 Å². The van der Waals surface area contributed by atoms with Crippen molar-refractivity contribution in [3.63, 3.8) is 0 Å². The fraction of sp³-hybridized carbons (Fsp3) is 0.235. The Kier molecular flexibility index (Phi) is 3.48. The lowest BCUT2D eigenvalue weighted by Gasteiger charge is -2.38. The molecule has 8 heteroatoms. The summed E-state index contributed by atoms with van der Waals surface area (Å²) in [6.07, 6.45) is 3.15. The lowest BCUT2D eigenvalue weighted by Crippen LogP contribution is -2.59. The Balaban J connectivity index is 1.61.